The van der Waals surface area contributed by atoms with E-state index in [0.717, 1.165) is 25.4 Å². The average molecular weight is 292 g/mol. The molecule has 0 spiro atoms. The Balaban J connectivity index is 2.55. The molecule has 0 radical (unpaired) electrons. The van der Waals surface area contributed by atoms with Crippen molar-refractivity contribution in [3.63, 3.8) is 0 Å². The Kier molecular flexibility index (Phi) is 9.11. The molecule has 3 heteroatoms. The van der Waals surface area contributed by atoms with Crippen molar-refractivity contribution >= 4 is 0 Å². The first kappa shape index (κ1) is 18.0. The van der Waals surface area contributed by atoms with Crippen molar-refractivity contribution in [1.29, 1.82) is 0 Å². The standard InChI is InChI=1S/C18H32N2O/c1-4-7-13-20(14-8-5-2)15-18(19)16-9-11-17(12-10-16)21-6-3/h9-12,18H,4-8,13-15,19H2,1-3H3. The predicted molar refractivity (Wildman–Crippen MR) is 90.8 cm³/mol. The van der Waals surface area contributed by atoms with Crippen molar-refractivity contribution in [2.45, 2.75) is 52.5 Å². The van der Waals surface area contributed by atoms with Crippen LogP contribution in [0.25, 0.3) is 0 Å². The Labute approximate surface area is 130 Å². The highest BCUT2D eigenvalue weighted by molar-refractivity contribution is 5.29. The molecule has 1 unspecified atom stereocenters. The fourth-order valence-electron chi connectivity index (χ4n) is 2.42. The SMILES string of the molecule is CCCCN(CCCC)CC(N)c1ccc(OCC)cc1. The molecule has 0 saturated carbocycles. The monoisotopic (exact) mass is 292 g/mol. The largest absolute Gasteiger partial charge is 0.494 e. The molecule has 0 amide bonds. The zero-order valence-corrected chi connectivity index (χ0v) is 14.0. The summed E-state index contributed by atoms with van der Waals surface area (Å²) in [4.78, 5) is 2.51. The third-order valence-corrected chi connectivity index (χ3v) is 3.73. The molecule has 1 aromatic carbocycles. The summed E-state index contributed by atoms with van der Waals surface area (Å²) in [7, 11) is 0. The lowest BCUT2D eigenvalue weighted by atomic mass is 10.1. The summed E-state index contributed by atoms with van der Waals surface area (Å²) in [6.07, 6.45) is 4.97. The Morgan fingerprint density at radius 2 is 1.57 bits per heavy atom. The molecular formula is C18H32N2O. The van der Waals surface area contributed by atoms with Gasteiger partial charge in [0.25, 0.3) is 0 Å². The zero-order valence-electron chi connectivity index (χ0n) is 14.0. The number of hydrogen-bond donors (Lipinski definition) is 1. The number of ether oxygens (including phenoxy) is 1. The van der Waals surface area contributed by atoms with Gasteiger partial charge in [-0.25, -0.2) is 0 Å². The molecule has 21 heavy (non-hydrogen) atoms. The van der Waals surface area contributed by atoms with Crippen LogP contribution in [0.5, 0.6) is 5.75 Å². The zero-order chi connectivity index (χ0) is 15.5. The summed E-state index contributed by atoms with van der Waals surface area (Å²) in [6.45, 7) is 10.4. The van der Waals surface area contributed by atoms with E-state index >= 15 is 0 Å². The Morgan fingerprint density at radius 3 is 2.05 bits per heavy atom. The van der Waals surface area contributed by atoms with E-state index in [9.17, 15) is 0 Å². The minimum atomic E-state index is 0.0781. The smallest absolute Gasteiger partial charge is 0.119 e. The highest BCUT2D eigenvalue weighted by Crippen LogP contribution is 2.17. The van der Waals surface area contributed by atoms with Crippen LogP contribution >= 0.6 is 0 Å². The molecule has 0 heterocycles. The second-order valence-corrected chi connectivity index (χ2v) is 5.62. The van der Waals surface area contributed by atoms with Crippen molar-refractivity contribution in [2.75, 3.05) is 26.2 Å². The van der Waals surface area contributed by atoms with Gasteiger partial charge in [-0.3, -0.25) is 0 Å². The van der Waals surface area contributed by atoms with E-state index in [2.05, 4.69) is 30.9 Å². The van der Waals surface area contributed by atoms with Crippen molar-refractivity contribution in [2.24, 2.45) is 5.73 Å². The van der Waals surface area contributed by atoms with Crippen molar-refractivity contribution in [1.82, 2.24) is 4.90 Å². The number of nitrogens with zero attached hydrogens (tertiary/aromatic N) is 1. The van der Waals surface area contributed by atoms with E-state index in [1.165, 1.54) is 31.2 Å². The van der Waals surface area contributed by atoms with Gasteiger partial charge in [0.2, 0.25) is 0 Å². The third-order valence-electron chi connectivity index (χ3n) is 3.73. The number of unbranched alkanes of at least 4 members (excludes halogenated alkanes) is 2. The summed E-state index contributed by atoms with van der Waals surface area (Å²) >= 11 is 0. The summed E-state index contributed by atoms with van der Waals surface area (Å²) in [5.41, 5.74) is 7.57. The minimum absolute atomic E-state index is 0.0781. The quantitative estimate of drug-likeness (QED) is 0.670. The maximum atomic E-state index is 6.38. The first-order chi connectivity index (χ1) is 10.2. The van der Waals surface area contributed by atoms with Crippen LogP contribution in [0.15, 0.2) is 24.3 Å². The van der Waals surface area contributed by atoms with Gasteiger partial charge in [0.05, 0.1) is 6.61 Å². The molecule has 0 bridgehead atoms. The molecule has 120 valence electrons. The van der Waals surface area contributed by atoms with E-state index in [-0.39, 0.29) is 6.04 Å². The molecule has 0 aliphatic rings. The van der Waals surface area contributed by atoms with Crippen LogP contribution in [0.3, 0.4) is 0 Å². The Hall–Kier alpha value is -1.06. The summed E-state index contributed by atoms with van der Waals surface area (Å²) in [5.74, 6) is 0.919. The van der Waals surface area contributed by atoms with Crippen molar-refractivity contribution in [3.8, 4) is 5.75 Å². The first-order valence-electron chi connectivity index (χ1n) is 8.41. The van der Waals surface area contributed by atoms with Crippen LogP contribution in [0.2, 0.25) is 0 Å². The van der Waals surface area contributed by atoms with Crippen LogP contribution in [-0.2, 0) is 0 Å². The van der Waals surface area contributed by atoms with Gasteiger partial charge < -0.3 is 15.4 Å². The lowest BCUT2D eigenvalue weighted by Crippen LogP contribution is -2.33. The van der Waals surface area contributed by atoms with Gasteiger partial charge >= 0.3 is 0 Å². The molecular weight excluding hydrogens is 260 g/mol. The van der Waals surface area contributed by atoms with Crippen molar-refractivity contribution < 1.29 is 4.74 Å². The molecule has 0 aromatic heterocycles. The van der Waals surface area contributed by atoms with E-state index in [4.69, 9.17) is 10.5 Å². The van der Waals surface area contributed by atoms with Gasteiger partial charge in [-0.05, 0) is 50.6 Å². The summed E-state index contributed by atoms with van der Waals surface area (Å²) < 4.78 is 5.48. The van der Waals surface area contributed by atoms with Crippen LogP contribution in [0, 0.1) is 0 Å². The molecule has 3 nitrogen and oxygen atoms in total. The highest BCUT2D eigenvalue weighted by atomic mass is 16.5. The van der Waals surface area contributed by atoms with Gasteiger partial charge in [-0.15, -0.1) is 0 Å². The minimum Gasteiger partial charge on any atom is -0.494 e. The number of rotatable bonds is 11. The number of hydrogen-bond acceptors (Lipinski definition) is 3. The summed E-state index contributed by atoms with van der Waals surface area (Å²) in [6, 6.07) is 8.29. The topological polar surface area (TPSA) is 38.5 Å². The fourth-order valence-corrected chi connectivity index (χ4v) is 2.42. The molecule has 0 aliphatic carbocycles. The Morgan fingerprint density at radius 1 is 1.00 bits per heavy atom. The molecule has 1 aromatic rings. The lowest BCUT2D eigenvalue weighted by Gasteiger charge is -2.25. The Bertz CT molecular complexity index is 356. The van der Waals surface area contributed by atoms with Gasteiger partial charge in [-0.1, -0.05) is 38.8 Å². The van der Waals surface area contributed by atoms with E-state index in [1.807, 2.05) is 19.1 Å². The molecule has 1 atom stereocenters. The van der Waals surface area contributed by atoms with Crippen LogP contribution in [0.4, 0.5) is 0 Å². The van der Waals surface area contributed by atoms with Crippen LogP contribution < -0.4 is 10.5 Å². The van der Waals surface area contributed by atoms with Crippen LogP contribution in [-0.4, -0.2) is 31.1 Å². The molecule has 0 saturated heterocycles. The number of benzene rings is 1. The fraction of sp³-hybridized carbons (Fsp3) is 0.667. The highest BCUT2D eigenvalue weighted by Gasteiger charge is 2.12. The maximum absolute atomic E-state index is 6.38. The maximum Gasteiger partial charge on any atom is 0.119 e. The number of nitrogens with two attached hydrogens (primary N) is 1. The van der Waals surface area contributed by atoms with E-state index in [1.54, 1.807) is 0 Å². The average Bonchev–Trinajstić information content (AvgIpc) is 2.51. The molecule has 0 aliphatic heterocycles. The molecule has 2 N–H and O–H groups in total. The van der Waals surface area contributed by atoms with Gasteiger partial charge in [0.15, 0.2) is 0 Å². The third kappa shape index (κ3) is 6.96. The van der Waals surface area contributed by atoms with Gasteiger partial charge in [0, 0.05) is 12.6 Å². The lowest BCUT2D eigenvalue weighted by molar-refractivity contribution is 0.250. The van der Waals surface area contributed by atoms with E-state index < -0.39 is 0 Å². The van der Waals surface area contributed by atoms with E-state index in [0.29, 0.717) is 6.61 Å². The van der Waals surface area contributed by atoms with Gasteiger partial charge in [-0.2, -0.15) is 0 Å². The first-order valence-corrected chi connectivity index (χ1v) is 8.41. The molecule has 0 fully saturated rings. The summed E-state index contributed by atoms with van der Waals surface area (Å²) in [5, 5.41) is 0. The van der Waals surface area contributed by atoms with Crippen molar-refractivity contribution in [3.05, 3.63) is 29.8 Å². The second-order valence-electron chi connectivity index (χ2n) is 5.62. The normalized spacial score (nSPS) is 12.6. The van der Waals surface area contributed by atoms with Crippen LogP contribution in [0.1, 0.15) is 58.1 Å². The predicted octanol–water partition coefficient (Wildman–Crippen LogP) is 3.99. The molecule has 1 rings (SSSR count). The second kappa shape index (κ2) is 10.6. The van der Waals surface area contributed by atoms with Gasteiger partial charge in [0.1, 0.15) is 5.75 Å².